The van der Waals surface area contributed by atoms with Crippen LogP contribution in [0, 0.1) is 5.82 Å². The van der Waals surface area contributed by atoms with Gasteiger partial charge in [-0.1, -0.05) is 18.2 Å². The first-order chi connectivity index (χ1) is 13.9. The number of nitrogens with zero attached hydrogens (tertiary/aromatic N) is 2. The summed E-state index contributed by atoms with van der Waals surface area (Å²) in [5, 5.41) is 11.4. The Bertz CT molecular complexity index is 1050. The third-order valence-corrected chi connectivity index (χ3v) is 8.34. The van der Waals surface area contributed by atoms with E-state index in [-0.39, 0.29) is 17.6 Å². The van der Waals surface area contributed by atoms with Crippen LogP contribution in [0.5, 0.6) is 5.75 Å². The van der Waals surface area contributed by atoms with E-state index in [1.165, 1.54) is 27.8 Å². The second-order valence-corrected chi connectivity index (χ2v) is 10.1. The molecule has 0 radical (unpaired) electrons. The van der Waals surface area contributed by atoms with Crippen LogP contribution in [-0.4, -0.2) is 43.5 Å². The second-order valence-electron chi connectivity index (χ2n) is 6.99. The van der Waals surface area contributed by atoms with Gasteiger partial charge < -0.3 is 10.0 Å². The Morgan fingerprint density at radius 1 is 1.03 bits per heavy atom. The maximum atomic E-state index is 13.3. The summed E-state index contributed by atoms with van der Waals surface area (Å²) >= 11 is 1.22. The molecular formula is C21H21FN2O3S2. The molecule has 1 fully saturated rings. The normalized spacial score (nSPS) is 18.1. The van der Waals surface area contributed by atoms with Crippen LogP contribution < -0.4 is 4.90 Å². The van der Waals surface area contributed by atoms with Crippen LogP contribution >= 0.6 is 11.3 Å². The van der Waals surface area contributed by atoms with E-state index >= 15 is 0 Å². The fourth-order valence-electron chi connectivity index (χ4n) is 3.63. The summed E-state index contributed by atoms with van der Waals surface area (Å²) in [5.74, 6) is -0.113. The number of phenols is 1. The van der Waals surface area contributed by atoms with Gasteiger partial charge in [-0.15, -0.1) is 11.3 Å². The number of rotatable bonds is 5. The van der Waals surface area contributed by atoms with Gasteiger partial charge in [0, 0.05) is 31.4 Å². The van der Waals surface area contributed by atoms with Crippen LogP contribution in [0.25, 0.3) is 0 Å². The lowest BCUT2D eigenvalue weighted by Gasteiger charge is -2.42. The first-order valence-corrected chi connectivity index (χ1v) is 11.6. The highest BCUT2D eigenvalue weighted by atomic mass is 32.2. The lowest BCUT2D eigenvalue weighted by molar-refractivity contribution is 0.331. The van der Waals surface area contributed by atoms with Crippen molar-refractivity contribution in [2.45, 2.75) is 16.7 Å². The molecule has 1 saturated heterocycles. The van der Waals surface area contributed by atoms with Crippen molar-refractivity contribution in [3.05, 3.63) is 77.4 Å². The molecule has 1 aromatic heterocycles. The van der Waals surface area contributed by atoms with Crippen molar-refractivity contribution in [3.8, 4) is 5.75 Å². The van der Waals surface area contributed by atoms with Crippen LogP contribution in [0.2, 0.25) is 0 Å². The van der Waals surface area contributed by atoms with Crippen molar-refractivity contribution in [2.75, 3.05) is 24.5 Å². The molecule has 0 bridgehead atoms. The van der Waals surface area contributed by atoms with Gasteiger partial charge in [0.2, 0.25) is 0 Å². The first-order valence-electron chi connectivity index (χ1n) is 9.27. The summed E-state index contributed by atoms with van der Waals surface area (Å²) < 4.78 is 41.2. The molecular weight excluding hydrogens is 411 g/mol. The summed E-state index contributed by atoms with van der Waals surface area (Å²) in [4.78, 5) is 2.16. The molecule has 1 aliphatic rings. The monoisotopic (exact) mass is 432 g/mol. The third kappa shape index (κ3) is 4.29. The molecule has 1 aliphatic heterocycles. The zero-order valence-corrected chi connectivity index (χ0v) is 17.2. The number of sulfonamides is 1. The molecule has 2 heterocycles. The predicted molar refractivity (Wildman–Crippen MR) is 112 cm³/mol. The van der Waals surface area contributed by atoms with Gasteiger partial charge in [0.05, 0.1) is 0 Å². The molecule has 0 unspecified atom stereocenters. The van der Waals surface area contributed by atoms with E-state index in [0.717, 1.165) is 11.3 Å². The smallest absolute Gasteiger partial charge is 0.252 e. The molecule has 3 aromatic rings. The zero-order valence-electron chi connectivity index (χ0n) is 15.6. The maximum absolute atomic E-state index is 13.3. The zero-order chi connectivity index (χ0) is 20.4. The minimum Gasteiger partial charge on any atom is -0.508 e. The van der Waals surface area contributed by atoms with Gasteiger partial charge in [-0.25, -0.2) is 12.8 Å². The van der Waals surface area contributed by atoms with Crippen LogP contribution in [-0.2, 0) is 16.4 Å². The topological polar surface area (TPSA) is 60.9 Å². The van der Waals surface area contributed by atoms with E-state index in [2.05, 4.69) is 4.90 Å². The molecule has 8 heteroatoms. The van der Waals surface area contributed by atoms with Gasteiger partial charge in [0.25, 0.3) is 10.0 Å². The number of halogens is 1. The molecule has 0 aliphatic carbocycles. The van der Waals surface area contributed by atoms with Gasteiger partial charge in [-0.2, -0.15) is 4.31 Å². The first kappa shape index (κ1) is 19.9. The number of piperazine rings is 1. The van der Waals surface area contributed by atoms with Crippen LogP contribution in [0.3, 0.4) is 0 Å². The lowest BCUT2D eigenvalue weighted by atomic mass is 10.0. The second kappa shape index (κ2) is 8.14. The van der Waals surface area contributed by atoms with Gasteiger partial charge >= 0.3 is 0 Å². The van der Waals surface area contributed by atoms with E-state index in [1.54, 1.807) is 41.8 Å². The summed E-state index contributed by atoms with van der Waals surface area (Å²) in [5.41, 5.74) is 1.86. The van der Waals surface area contributed by atoms with Crippen molar-refractivity contribution in [3.63, 3.8) is 0 Å². The van der Waals surface area contributed by atoms with Gasteiger partial charge in [-0.3, -0.25) is 0 Å². The average Bonchev–Trinajstić information content (AvgIpc) is 3.26. The highest BCUT2D eigenvalue weighted by Gasteiger charge is 2.34. The molecule has 1 N–H and O–H groups in total. The Labute approximate surface area is 173 Å². The van der Waals surface area contributed by atoms with Crippen molar-refractivity contribution < 1.29 is 17.9 Å². The van der Waals surface area contributed by atoms with E-state index in [1.807, 2.05) is 12.1 Å². The van der Waals surface area contributed by atoms with Gasteiger partial charge in [-0.05, 0) is 59.8 Å². The number of thiophene rings is 1. The Morgan fingerprint density at radius 3 is 2.41 bits per heavy atom. The van der Waals surface area contributed by atoms with Crippen molar-refractivity contribution in [1.82, 2.24) is 4.31 Å². The number of hydrogen-bond donors (Lipinski definition) is 1. The number of phenolic OH excluding ortho intramolecular Hbond substituents is 1. The predicted octanol–water partition coefficient (Wildman–Crippen LogP) is 3.72. The van der Waals surface area contributed by atoms with E-state index in [4.69, 9.17) is 0 Å². The Hall–Kier alpha value is -2.42. The van der Waals surface area contributed by atoms with Crippen molar-refractivity contribution in [1.29, 1.82) is 0 Å². The molecule has 152 valence electrons. The molecule has 5 nitrogen and oxygen atoms in total. The number of hydrogen-bond acceptors (Lipinski definition) is 5. The van der Waals surface area contributed by atoms with E-state index < -0.39 is 10.0 Å². The Balaban J connectivity index is 1.62. The Kier molecular flexibility index (Phi) is 5.58. The molecule has 0 amide bonds. The molecule has 4 rings (SSSR count). The quantitative estimate of drug-likeness (QED) is 0.668. The summed E-state index contributed by atoms with van der Waals surface area (Å²) in [7, 11) is -3.54. The lowest BCUT2D eigenvalue weighted by Crippen LogP contribution is -2.55. The fraction of sp³-hybridized carbons (Fsp3) is 0.238. The molecule has 0 spiro atoms. The molecule has 2 aromatic carbocycles. The maximum Gasteiger partial charge on any atom is 0.252 e. The average molecular weight is 433 g/mol. The minimum atomic E-state index is -3.54. The van der Waals surface area contributed by atoms with E-state index in [0.29, 0.717) is 30.3 Å². The van der Waals surface area contributed by atoms with E-state index in [9.17, 15) is 17.9 Å². The molecule has 29 heavy (non-hydrogen) atoms. The minimum absolute atomic E-state index is 0.117. The highest BCUT2D eigenvalue weighted by molar-refractivity contribution is 7.91. The molecule has 0 saturated carbocycles. The van der Waals surface area contributed by atoms with Gasteiger partial charge in [0.15, 0.2) is 0 Å². The summed E-state index contributed by atoms with van der Waals surface area (Å²) in [6.45, 7) is 1.24. The van der Waals surface area contributed by atoms with Crippen LogP contribution in [0.15, 0.2) is 70.3 Å². The van der Waals surface area contributed by atoms with Crippen molar-refractivity contribution in [2.24, 2.45) is 0 Å². The van der Waals surface area contributed by atoms with Crippen LogP contribution in [0.1, 0.15) is 5.56 Å². The number of aromatic hydroxyl groups is 1. The van der Waals surface area contributed by atoms with Crippen LogP contribution in [0.4, 0.5) is 10.1 Å². The summed E-state index contributed by atoms with van der Waals surface area (Å²) in [6, 6.07) is 16.5. The standard InChI is InChI=1S/C21H21FN2O3S2/c22-17-5-3-16(4-6-17)14-19-15-23(29(26,27)21-2-1-13-28-21)11-12-24(19)18-7-9-20(25)10-8-18/h1-10,13,19,25H,11-12,14-15H2/t19-/m0/s1. The van der Waals surface area contributed by atoms with Gasteiger partial charge in [0.1, 0.15) is 15.8 Å². The van der Waals surface area contributed by atoms with Crippen molar-refractivity contribution >= 4 is 27.0 Å². The fourth-order valence-corrected chi connectivity index (χ4v) is 6.25. The number of anilines is 1. The molecule has 1 atom stereocenters. The third-order valence-electron chi connectivity index (χ3n) is 5.10. The highest BCUT2D eigenvalue weighted by Crippen LogP contribution is 2.29. The number of benzene rings is 2. The Morgan fingerprint density at radius 2 is 1.76 bits per heavy atom. The SMILES string of the molecule is O=S(=O)(c1cccs1)N1CCN(c2ccc(O)cc2)[C@@H](Cc2ccc(F)cc2)C1. The largest absolute Gasteiger partial charge is 0.508 e. The summed E-state index contributed by atoms with van der Waals surface area (Å²) in [6.07, 6.45) is 0.581.